The summed E-state index contributed by atoms with van der Waals surface area (Å²) in [6.45, 7) is 10.1. The molecule has 1 saturated heterocycles. The van der Waals surface area contributed by atoms with Crippen LogP contribution in [0.1, 0.15) is 50.2 Å². The van der Waals surface area contributed by atoms with Crippen LogP contribution in [0, 0.1) is 31.1 Å². The highest BCUT2D eigenvalue weighted by Crippen LogP contribution is 2.27. The molecule has 1 amide bonds. The molecule has 0 bridgehead atoms. The van der Waals surface area contributed by atoms with Gasteiger partial charge in [0.05, 0.1) is 35.9 Å². The molecule has 2 rings (SSSR count). The largest absolute Gasteiger partial charge is 0.337 e. The van der Waals surface area contributed by atoms with Crippen LogP contribution in [0.25, 0.3) is 0 Å². The lowest BCUT2D eigenvalue weighted by Crippen LogP contribution is -2.51. The van der Waals surface area contributed by atoms with E-state index < -0.39 is 15.4 Å². The molecule has 1 aliphatic rings. The molecule has 0 aliphatic carbocycles. The second-order valence-electron chi connectivity index (χ2n) is 8.34. The summed E-state index contributed by atoms with van der Waals surface area (Å²) in [6.07, 6.45) is 0.587. The second kappa shape index (κ2) is 8.21. The molecule has 2 heterocycles. The minimum Gasteiger partial charge on any atom is -0.337 e. The Morgan fingerprint density at radius 3 is 2.61 bits per heavy atom. The monoisotopic (exact) mass is 409 g/mol. The number of sulfone groups is 1. The predicted molar refractivity (Wildman–Crippen MR) is 107 cm³/mol. The van der Waals surface area contributed by atoms with E-state index in [0.29, 0.717) is 13.0 Å². The lowest BCUT2D eigenvalue weighted by atomic mass is 9.90. The van der Waals surface area contributed by atoms with Gasteiger partial charge >= 0.3 is 0 Å². The number of nitrogens with one attached hydrogen (secondary N) is 1. The standard InChI is InChI=1S/C19H31N5O3S/c1-13(2)19(5,12-20)21-18(25)10-23(6)9-17-14(3)22-24(15(17)4)16-7-8-28(26,27)11-16/h13,16H,7-11H2,1-6H3,(H,21,25)/t16-,19-/m0/s1. The zero-order valence-corrected chi connectivity index (χ0v) is 18.4. The Morgan fingerprint density at radius 2 is 2.11 bits per heavy atom. The minimum atomic E-state index is -2.98. The molecular formula is C19H31N5O3S. The lowest BCUT2D eigenvalue weighted by Gasteiger charge is -2.28. The first kappa shape index (κ1) is 22.4. The first-order valence-corrected chi connectivity index (χ1v) is 11.4. The SMILES string of the molecule is Cc1nn([C@H]2CCS(=O)(=O)C2)c(C)c1CN(C)CC(=O)N[C@@](C)(C#N)C(C)C. The summed E-state index contributed by atoms with van der Waals surface area (Å²) in [4.78, 5) is 14.3. The third-order valence-electron chi connectivity index (χ3n) is 5.66. The van der Waals surface area contributed by atoms with Crippen molar-refractivity contribution < 1.29 is 13.2 Å². The van der Waals surface area contributed by atoms with Gasteiger partial charge in [-0.25, -0.2) is 8.42 Å². The molecule has 2 atom stereocenters. The summed E-state index contributed by atoms with van der Waals surface area (Å²) in [5, 5.41) is 16.7. The summed E-state index contributed by atoms with van der Waals surface area (Å²) in [5.74, 6) is 0.134. The number of carbonyl (C=O) groups excluding carboxylic acids is 1. The van der Waals surface area contributed by atoms with Gasteiger partial charge in [-0.1, -0.05) is 13.8 Å². The fraction of sp³-hybridized carbons (Fsp3) is 0.737. The molecule has 0 saturated carbocycles. The molecule has 9 heteroatoms. The van der Waals surface area contributed by atoms with Crippen LogP contribution in [0.3, 0.4) is 0 Å². The fourth-order valence-electron chi connectivity index (χ4n) is 3.45. The highest BCUT2D eigenvalue weighted by molar-refractivity contribution is 7.91. The van der Waals surface area contributed by atoms with Gasteiger partial charge in [-0.15, -0.1) is 0 Å². The van der Waals surface area contributed by atoms with Crippen LogP contribution in [-0.2, 0) is 21.2 Å². The van der Waals surface area contributed by atoms with Crippen molar-refractivity contribution in [3.63, 3.8) is 0 Å². The first-order valence-electron chi connectivity index (χ1n) is 9.54. The smallest absolute Gasteiger partial charge is 0.235 e. The number of rotatable bonds is 7. The van der Waals surface area contributed by atoms with Gasteiger partial charge in [0.15, 0.2) is 9.84 Å². The summed E-state index contributed by atoms with van der Waals surface area (Å²) < 4.78 is 25.4. The van der Waals surface area contributed by atoms with Crippen LogP contribution >= 0.6 is 0 Å². The molecule has 1 aliphatic heterocycles. The van der Waals surface area contributed by atoms with Gasteiger partial charge < -0.3 is 5.32 Å². The third-order valence-corrected chi connectivity index (χ3v) is 7.41. The van der Waals surface area contributed by atoms with Gasteiger partial charge in [0.1, 0.15) is 5.54 Å². The Kier molecular flexibility index (Phi) is 6.56. The molecule has 8 nitrogen and oxygen atoms in total. The first-order chi connectivity index (χ1) is 12.9. The van der Waals surface area contributed by atoms with Gasteiger partial charge in [0.2, 0.25) is 5.91 Å². The van der Waals surface area contributed by atoms with E-state index in [0.717, 1.165) is 17.0 Å². The van der Waals surface area contributed by atoms with Crippen molar-refractivity contribution in [2.45, 2.75) is 59.2 Å². The fourth-order valence-corrected chi connectivity index (χ4v) is 5.14. The summed E-state index contributed by atoms with van der Waals surface area (Å²) in [7, 11) is -1.14. The highest BCUT2D eigenvalue weighted by Gasteiger charge is 2.32. The van der Waals surface area contributed by atoms with E-state index in [-0.39, 0.29) is 35.9 Å². The van der Waals surface area contributed by atoms with E-state index in [1.807, 2.05) is 44.3 Å². The number of nitrogens with zero attached hydrogens (tertiary/aromatic N) is 4. The number of amides is 1. The molecular weight excluding hydrogens is 378 g/mol. The van der Waals surface area contributed by atoms with Crippen LogP contribution in [0.2, 0.25) is 0 Å². The van der Waals surface area contributed by atoms with Gasteiger partial charge in [-0.2, -0.15) is 10.4 Å². The van der Waals surface area contributed by atoms with Crippen LogP contribution in [0.15, 0.2) is 0 Å². The average Bonchev–Trinajstić information content (AvgIpc) is 3.07. The van der Waals surface area contributed by atoms with Crippen molar-refractivity contribution in [2.75, 3.05) is 25.1 Å². The number of nitriles is 1. The number of aryl methyl sites for hydroxylation is 1. The topological polar surface area (TPSA) is 108 Å². The Bertz CT molecular complexity index is 884. The van der Waals surface area contributed by atoms with Crippen molar-refractivity contribution in [2.24, 2.45) is 5.92 Å². The summed E-state index contributed by atoms with van der Waals surface area (Å²) in [6, 6.07) is 2.06. The van der Waals surface area contributed by atoms with E-state index in [1.165, 1.54) is 0 Å². The van der Waals surface area contributed by atoms with Crippen molar-refractivity contribution in [3.05, 3.63) is 17.0 Å². The zero-order valence-electron chi connectivity index (χ0n) is 17.6. The number of carbonyl (C=O) groups is 1. The Morgan fingerprint density at radius 1 is 1.46 bits per heavy atom. The number of hydrogen-bond donors (Lipinski definition) is 1. The molecule has 0 aromatic carbocycles. The summed E-state index contributed by atoms with van der Waals surface area (Å²) >= 11 is 0. The predicted octanol–water partition coefficient (Wildman–Crippen LogP) is 1.35. The Balaban J connectivity index is 2.06. The van der Waals surface area contributed by atoms with Crippen LogP contribution in [0.5, 0.6) is 0 Å². The molecule has 0 spiro atoms. The average molecular weight is 410 g/mol. The maximum absolute atomic E-state index is 12.4. The van der Waals surface area contributed by atoms with Gasteiger partial charge in [0, 0.05) is 17.8 Å². The molecule has 1 aromatic rings. The molecule has 0 radical (unpaired) electrons. The molecule has 1 N–H and O–H groups in total. The van der Waals surface area contributed by atoms with Crippen molar-refractivity contribution in [1.82, 2.24) is 20.0 Å². The lowest BCUT2D eigenvalue weighted by molar-refractivity contribution is -0.123. The quantitative estimate of drug-likeness (QED) is 0.728. The molecule has 1 fully saturated rings. The molecule has 0 unspecified atom stereocenters. The Hall–Kier alpha value is -1.92. The van der Waals surface area contributed by atoms with Crippen molar-refractivity contribution in [3.8, 4) is 6.07 Å². The van der Waals surface area contributed by atoms with Gasteiger partial charge in [-0.05, 0) is 40.2 Å². The Labute approximate surface area is 167 Å². The third kappa shape index (κ3) is 4.92. The normalized spacial score (nSPS) is 20.9. The van der Waals surface area contributed by atoms with E-state index in [1.54, 1.807) is 6.92 Å². The van der Waals surface area contributed by atoms with Gasteiger partial charge in [0.25, 0.3) is 0 Å². The number of likely N-dealkylation sites (N-methyl/N-ethyl adjacent to an activating group) is 1. The molecule has 1 aromatic heterocycles. The summed E-state index contributed by atoms with van der Waals surface area (Å²) in [5.41, 5.74) is 1.89. The van der Waals surface area contributed by atoms with Gasteiger partial charge in [-0.3, -0.25) is 14.4 Å². The van der Waals surface area contributed by atoms with E-state index >= 15 is 0 Å². The molecule has 156 valence electrons. The maximum atomic E-state index is 12.4. The zero-order chi connectivity index (χ0) is 21.3. The number of aromatic nitrogens is 2. The van der Waals surface area contributed by atoms with Crippen LogP contribution < -0.4 is 5.32 Å². The van der Waals surface area contributed by atoms with E-state index in [2.05, 4.69) is 16.5 Å². The second-order valence-corrected chi connectivity index (χ2v) is 10.6. The number of hydrogen-bond acceptors (Lipinski definition) is 6. The van der Waals surface area contributed by atoms with E-state index in [4.69, 9.17) is 0 Å². The van der Waals surface area contributed by atoms with Crippen LogP contribution in [0.4, 0.5) is 0 Å². The van der Waals surface area contributed by atoms with Crippen LogP contribution in [-0.4, -0.2) is 59.6 Å². The van der Waals surface area contributed by atoms with E-state index in [9.17, 15) is 18.5 Å². The minimum absolute atomic E-state index is 0.00262. The van der Waals surface area contributed by atoms with Crippen molar-refractivity contribution >= 4 is 15.7 Å². The van der Waals surface area contributed by atoms with Crippen molar-refractivity contribution in [1.29, 1.82) is 5.26 Å². The molecule has 28 heavy (non-hydrogen) atoms. The maximum Gasteiger partial charge on any atom is 0.235 e. The highest BCUT2D eigenvalue weighted by atomic mass is 32.2.